The lowest BCUT2D eigenvalue weighted by molar-refractivity contribution is 0.318. The highest BCUT2D eigenvalue weighted by atomic mass is 16.4. The average molecular weight is 273 g/mol. The molecule has 2 rings (SSSR count). The van der Waals surface area contributed by atoms with E-state index in [2.05, 4.69) is 20.1 Å². The summed E-state index contributed by atoms with van der Waals surface area (Å²) in [6.07, 6.45) is 0. The third-order valence-electron chi connectivity index (χ3n) is 2.58. The van der Waals surface area contributed by atoms with Gasteiger partial charge in [-0.2, -0.15) is 15.0 Å². The standard InChI is InChI=1S/C12H15N7O/c1-19(7-8-5-3-2-4-6-8)12-16-10(9(13)18-20)15-11(14)17-12/h2-6,20H,7H2,1H3,(H2,13,18)(H2,14,15,16,17). The minimum atomic E-state index is -0.214. The van der Waals surface area contributed by atoms with E-state index in [1.807, 2.05) is 37.4 Å². The molecule has 0 spiro atoms. The van der Waals surface area contributed by atoms with Gasteiger partial charge in [-0.05, 0) is 5.56 Å². The lowest BCUT2D eigenvalue weighted by Crippen LogP contribution is -2.24. The van der Waals surface area contributed by atoms with Gasteiger partial charge < -0.3 is 21.6 Å². The first-order valence-corrected chi connectivity index (χ1v) is 5.84. The molecule has 2 aromatic rings. The van der Waals surface area contributed by atoms with E-state index in [1.54, 1.807) is 4.90 Å². The number of nitrogens with zero attached hydrogens (tertiary/aromatic N) is 5. The van der Waals surface area contributed by atoms with E-state index >= 15 is 0 Å². The van der Waals surface area contributed by atoms with Gasteiger partial charge in [-0.15, -0.1) is 0 Å². The predicted molar refractivity (Wildman–Crippen MR) is 75.3 cm³/mol. The molecule has 0 atom stereocenters. The lowest BCUT2D eigenvalue weighted by Gasteiger charge is -2.17. The number of aromatic nitrogens is 3. The fourth-order valence-electron chi connectivity index (χ4n) is 1.64. The minimum Gasteiger partial charge on any atom is -0.409 e. The molecule has 1 aromatic heterocycles. The molecule has 0 fully saturated rings. The molecule has 0 radical (unpaired) electrons. The first-order valence-electron chi connectivity index (χ1n) is 5.84. The summed E-state index contributed by atoms with van der Waals surface area (Å²) >= 11 is 0. The molecular weight excluding hydrogens is 258 g/mol. The first kappa shape index (κ1) is 13.5. The van der Waals surface area contributed by atoms with Gasteiger partial charge in [-0.3, -0.25) is 0 Å². The van der Waals surface area contributed by atoms with Gasteiger partial charge in [-0.25, -0.2) is 0 Å². The van der Waals surface area contributed by atoms with E-state index in [9.17, 15) is 0 Å². The van der Waals surface area contributed by atoms with Gasteiger partial charge in [0.05, 0.1) is 0 Å². The van der Waals surface area contributed by atoms with Gasteiger partial charge in [0.25, 0.3) is 0 Å². The van der Waals surface area contributed by atoms with Crippen molar-refractivity contribution >= 4 is 17.7 Å². The van der Waals surface area contributed by atoms with Crippen molar-refractivity contribution in [2.75, 3.05) is 17.7 Å². The normalized spacial score (nSPS) is 11.3. The van der Waals surface area contributed by atoms with Gasteiger partial charge in [0.2, 0.25) is 23.6 Å². The zero-order valence-electron chi connectivity index (χ0n) is 10.9. The van der Waals surface area contributed by atoms with Crippen LogP contribution < -0.4 is 16.4 Å². The summed E-state index contributed by atoms with van der Waals surface area (Å²) in [7, 11) is 1.82. The molecule has 0 bridgehead atoms. The third-order valence-corrected chi connectivity index (χ3v) is 2.58. The number of benzene rings is 1. The van der Waals surface area contributed by atoms with Crippen LogP contribution in [0.2, 0.25) is 0 Å². The van der Waals surface area contributed by atoms with Crippen molar-refractivity contribution in [1.29, 1.82) is 0 Å². The van der Waals surface area contributed by atoms with Crippen LogP contribution in [0.5, 0.6) is 0 Å². The zero-order valence-corrected chi connectivity index (χ0v) is 10.9. The Bertz CT molecular complexity index is 614. The van der Waals surface area contributed by atoms with Crippen LogP contribution in [0.15, 0.2) is 35.5 Å². The molecule has 0 saturated carbocycles. The molecule has 104 valence electrons. The van der Waals surface area contributed by atoms with E-state index < -0.39 is 0 Å². The highest BCUT2D eigenvalue weighted by molar-refractivity contribution is 5.93. The lowest BCUT2D eigenvalue weighted by atomic mass is 10.2. The number of oxime groups is 1. The summed E-state index contributed by atoms with van der Waals surface area (Å²) in [6, 6.07) is 9.83. The summed E-state index contributed by atoms with van der Waals surface area (Å²) in [4.78, 5) is 13.7. The molecule has 8 nitrogen and oxygen atoms in total. The molecule has 1 aromatic carbocycles. The number of amidine groups is 1. The summed E-state index contributed by atoms with van der Waals surface area (Å²) < 4.78 is 0. The van der Waals surface area contributed by atoms with Gasteiger partial charge >= 0.3 is 0 Å². The maximum Gasteiger partial charge on any atom is 0.230 e. The van der Waals surface area contributed by atoms with Crippen LogP contribution in [0, 0.1) is 0 Å². The first-order chi connectivity index (χ1) is 9.60. The Morgan fingerprint density at radius 3 is 2.60 bits per heavy atom. The van der Waals surface area contributed by atoms with Gasteiger partial charge in [-0.1, -0.05) is 35.5 Å². The van der Waals surface area contributed by atoms with Crippen LogP contribution in [0.25, 0.3) is 0 Å². The molecule has 0 unspecified atom stereocenters. The maximum atomic E-state index is 8.65. The van der Waals surface area contributed by atoms with E-state index in [-0.39, 0.29) is 17.6 Å². The minimum absolute atomic E-state index is 0.0107. The van der Waals surface area contributed by atoms with Crippen molar-refractivity contribution in [3.05, 3.63) is 41.7 Å². The highest BCUT2D eigenvalue weighted by Crippen LogP contribution is 2.11. The second kappa shape index (κ2) is 5.83. The number of hydrogen-bond acceptors (Lipinski definition) is 7. The molecule has 20 heavy (non-hydrogen) atoms. The zero-order chi connectivity index (χ0) is 14.5. The van der Waals surface area contributed by atoms with Crippen molar-refractivity contribution < 1.29 is 5.21 Å². The summed E-state index contributed by atoms with van der Waals surface area (Å²) in [6.45, 7) is 0.597. The van der Waals surface area contributed by atoms with E-state index in [1.165, 1.54) is 0 Å². The van der Waals surface area contributed by atoms with Crippen molar-refractivity contribution in [2.24, 2.45) is 10.9 Å². The Hall–Kier alpha value is -2.90. The van der Waals surface area contributed by atoms with Crippen LogP contribution >= 0.6 is 0 Å². The molecule has 0 aliphatic carbocycles. The van der Waals surface area contributed by atoms with E-state index in [0.717, 1.165) is 5.56 Å². The molecule has 5 N–H and O–H groups in total. The Kier molecular flexibility index (Phi) is 3.94. The Morgan fingerprint density at radius 2 is 1.95 bits per heavy atom. The van der Waals surface area contributed by atoms with E-state index in [0.29, 0.717) is 12.5 Å². The van der Waals surface area contributed by atoms with Crippen molar-refractivity contribution in [1.82, 2.24) is 15.0 Å². The molecule has 1 heterocycles. The summed E-state index contributed by atoms with van der Waals surface area (Å²) in [5.74, 6) is 0.183. The summed E-state index contributed by atoms with van der Waals surface area (Å²) in [5.41, 5.74) is 12.2. The van der Waals surface area contributed by atoms with Crippen LogP contribution in [-0.2, 0) is 6.54 Å². The van der Waals surface area contributed by atoms with Crippen molar-refractivity contribution in [2.45, 2.75) is 6.54 Å². The number of nitrogen functional groups attached to an aromatic ring is 1. The Balaban J connectivity index is 2.26. The summed E-state index contributed by atoms with van der Waals surface area (Å²) in [5, 5.41) is 11.5. The fourth-order valence-corrected chi connectivity index (χ4v) is 1.64. The fraction of sp³-hybridized carbons (Fsp3) is 0.167. The Labute approximate surface area is 115 Å². The molecule has 0 saturated heterocycles. The topological polar surface area (TPSA) is 127 Å². The molecular formula is C12H15N7O. The molecule has 0 aliphatic rings. The average Bonchev–Trinajstić information content (AvgIpc) is 2.46. The van der Waals surface area contributed by atoms with Crippen molar-refractivity contribution in [3.63, 3.8) is 0 Å². The monoisotopic (exact) mass is 273 g/mol. The predicted octanol–water partition coefficient (Wildman–Crippen LogP) is 0.185. The van der Waals surface area contributed by atoms with Crippen LogP contribution in [-0.4, -0.2) is 33.0 Å². The smallest absolute Gasteiger partial charge is 0.230 e. The van der Waals surface area contributed by atoms with Gasteiger partial charge in [0.15, 0.2) is 0 Å². The highest BCUT2D eigenvalue weighted by Gasteiger charge is 2.12. The molecule has 8 heteroatoms. The van der Waals surface area contributed by atoms with Crippen molar-refractivity contribution in [3.8, 4) is 0 Å². The second-order valence-electron chi connectivity index (χ2n) is 4.14. The van der Waals surface area contributed by atoms with Crippen LogP contribution in [0.3, 0.4) is 0 Å². The van der Waals surface area contributed by atoms with Gasteiger partial charge in [0.1, 0.15) is 0 Å². The largest absolute Gasteiger partial charge is 0.409 e. The SMILES string of the molecule is CN(Cc1ccccc1)c1nc(N)nc(/C(N)=N/O)n1. The maximum absolute atomic E-state index is 8.65. The third kappa shape index (κ3) is 3.10. The molecule has 0 amide bonds. The number of rotatable bonds is 4. The number of hydrogen-bond donors (Lipinski definition) is 3. The number of anilines is 2. The van der Waals surface area contributed by atoms with E-state index in [4.69, 9.17) is 16.7 Å². The van der Waals surface area contributed by atoms with Crippen LogP contribution in [0.1, 0.15) is 11.4 Å². The second-order valence-corrected chi connectivity index (χ2v) is 4.14. The quantitative estimate of drug-likeness (QED) is 0.314. The number of nitrogens with two attached hydrogens (primary N) is 2. The molecule has 0 aliphatic heterocycles. The van der Waals surface area contributed by atoms with Crippen LogP contribution in [0.4, 0.5) is 11.9 Å². The Morgan fingerprint density at radius 1 is 1.25 bits per heavy atom. The van der Waals surface area contributed by atoms with Gasteiger partial charge in [0, 0.05) is 13.6 Å².